The van der Waals surface area contributed by atoms with Crippen molar-refractivity contribution >= 4 is 33.1 Å². The molecule has 0 aliphatic carbocycles. The summed E-state index contributed by atoms with van der Waals surface area (Å²) in [6.45, 7) is 4.63. The van der Waals surface area contributed by atoms with Gasteiger partial charge in [0.05, 0.1) is 11.4 Å². The van der Waals surface area contributed by atoms with E-state index < -0.39 is 21.4 Å². The standard InChI is InChI=1S/C25H27FN6O3S/c1-3-36(33,34)13-15-4-6-16(7-5-15)25(28)31-12-19-20(32-25)10-17(21(26)22(19)27)18-11-30-24-23(14(18)2)29-8-9-35-24/h4-7,10-12,29,32H,3,8-9,13,27-28H2,1-2H3. The van der Waals surface area contributed by atoms with Gasteiger partial charge in [-0.25, -0.2) is 22.8 Å². The first kappa shape index (κ1) is 24.0. The Bertz CT molecular complexity index is 1490. The summed E-state index contributed by atoms with van der Waals surface area (Å²) >= 11 is 0. The van der Waals surface area contributed by atoms with Gasteiger partial charge in [-0.2, -0.15) is 0 Å². The van der Waals surface area contributed by atoms with Crippen LogP contribution in [0.25, 0.3) is 11.1 Å². The topological polar surface area (TPSA) is 145 Å². The average molecular weight is 511 g/mol. The fourth-order valence-corrected chi connectivity index (χ4v) is 5.29. The molecule has 0 fully saturated rings. The molecule has 5 rings (SSSR count). The third-order valence-electron chi connectivity index (χ3n) is 6.52. The molecule has 2 aliphatic heterocycles. The molecule has 2 aliphatic rings. The third-order valence-corrected chi connectivity index (χ3v) is 8.17. The predicted octanol–water partition coefficient (Wildman–Crippen LogP) is 3.13. The van der Waals surface area contributed by atoms with Crippen molar-refractivity contribution in [2.24, 2.45) is 10.7 Å². The van der Waals surface area contributed by atoms with Crippen LogP contribution in [-0.2, 0) is 21.4 Å². The Labute approximate surface area is 208 Å². The molecule has 3 heterocycles. The van der Waals surface area contributed by atoms with Crippen molar-refractivity contribution in [3.63, 3.8) is 0 Å². The lowest BCUT2D eigenvalue weighted by atomic mass is 9.95. The van der Waals surface area contributed by atoms with E-state index >= 15 is 4.39 Å². The van der Waals surface area contributed by atoms with E-state index in [0.717, 1.165) is 11.3 Å². The monoisotopic (exact) mass is 510 g/mol. The number of rotatable bonds is 5. The second-order valence-corrected chi connectivity index (χ2v) is 11.2. The van der Waals surface area contributed by atoms with Crippen LogP contribution in [0.15, 0.2) is 41.5 Å². The van der Waals surface area contributed by atoms with Gasteiger partial charge in [-0.15, -0.1) is 0 Å². The first-order valence-electron chi connectivity index (χ1n) is 11.5. The van der Waals surface area contributed by atoms with Crippen molar-refractivity contribution < 1.29 is 17.5 Å². The molecule has 0 saturated heterocycles. The normalized spacial score (nSPS) is 18.4. The molecule has 2 aromatic carbocycles. The molecule has 9 nitrogen and oxygen atoms in total. The number of nitrogen functional groups attached to an aromatic ring is 1. The Morgan fingerprint density at radius 3 is 2.69 bits per heavy atom. The third kappa shape index (κ3) is 4.14. The van der Waals surface area contributed by atoms with E-state index in [2.05, 4.69) is 20.6 Å². The van der Waals surface area contributed by atoms with Gasteiger partial charge in [0, 0.05) is 52.7 Å². The smallest absolute Gasteiger partial charge is 0.237 e. The van der Waals surface area contributed by atoms with E-state index in [9.17, 15) is 8.42 Å². The molecule has 0 radical (unpaired) electrons. The zero-order chi connectivity index (χ0) is 25.7. The van der Waals surface area contributed by atoms with Crippen molar-refractivity contribution in [1.29, 1.82) is 0 Å². The molecule has 0 bridgehead atoms. The van der Waals surface area contributed by atoms with Crippen LogP contribution in [0.3, 0.4) is 0 Å². The van der Waals surface area contributed by atoms with Crippen LogP contribution in [0.1, 0.15) is 29.2 Å². The quantitative estimate of drug-likeness (QED) is 0.383. The molecule has 1 aromatic heterocycles. The first-order chi connectivity index (χ1) is 17.1. The van der Waals surface area contributed by atoms with Crippen molar-refractivity contribution in [3.05, 3.63) is 64.6 Å². The van der Waals surface area contributed by atoms with E-state index in [1.54, 1.807) is 43.5 Å². The Kier molecular flexibility index (Phi) is 5.84. The number of hydrogen-bond acceptors (Lipinski definition) is 9. The minimum Gasteiger partial charge on any atom is -0.474 e. The molecule has 36 heavy (non-hydrogen) atoms. The zero-order valence-electron chi connectivity index (χ0n) is 19.9. The molecule has 6 N–H and O–H groups in total. The largest absolute Gasteiger partial charge is 0.474 e. The summed E-state index contributed by atoms with van der Waals surface area (Å²) in [6, 6.07) is 8.53. The van der Waals surface area contributed by atoms with Crippen LogP contribution < -0.4 is 26.8 Å². The Morgan fingerprint density at radius 1 is 1.22 bits per heavy atom. The molecular formula is C25H27FN6O3S. The fraction of sp³-hybridized carbons (Fsp3) is 0.280. The van der Waals surface area contributed by atoms with Crippen molar-refractivity contribution in [2.45, 2.75) is 25.4 Å². The van der Waals surface area contributed by atoms with Gasteiger partial charge in [0.25, 0.3) is 0 Å². The van der Waals surface area contributed by atoms with Crippen LogP contribution >= 0.6 is 0 Å². The van der Waals surface area contributed by atoms with E-state index in [1.165, 1.54) is 6.21 Å². The van der Waals surface area contributed by atoms with Crippen LogP contribution in [0.4, 0.5) is 21.5 Å². The molecule has 0 spiro atoms. The number of sulfone groups is 1. The zero-order valence-corrected chi connectivity index (χ0v) is 20.7. The number of fused-ring (bicyclic) bond motifs is 2. The summed E-state index contributed by atoms with van der Waals surface area (Å²) in [5.41, 5.74) is 17.3. The summed E-state index contributed by atoms with van der Waals surface area (Å²) in [6.07, 6.45) is 3.03. The number of aromatic nitrogens is 1. The number of benzene rings is 2. The molecular weight excluding hydrogens is 483 g/mol. The Hall–Kier alpha value is -3.70. The van der Waals surface area contributed by atoms with Gasteiger partial charge in [0.2, 0.25) is 11.7 Å². The lowest BCUT2D eigenvalue weighted by molar-refractivity contribution is 0.310. The number of halogens is 1. The highest BCUT2D eigenvalue weighted by Gasteiger charge is 2.32. The summed E-state index contributed by atoms with van der Waals surface area (Å²) in [4.78, 5) is 8.76. The van der Waals surface area contributed by atoms with Crippen molar-refractivity contribution in [1.82, 2.24) is 4.98 Å². The summed E-state index contributed by atoms with van der Waals surface area (Å²) in [7, 11) is -3.16. The van der Waals surface area contributed by atoms with Gasteiger partial charge in [0.1, 0.15) is 12.3 Å². The summed E-state index contributed by atoms with van der Waals surface area (Å²) < 4.78 is 44.9. The van der Waals surface area contributed by atoms with Gasteiger partial charge in [-0.05, 0) is 24.1 Å². The number of nitrogens with two attached hydrogens (primary N) is 2. The lowest BCUT2D eigenvalue weighted by Gasteiger charge is -2.33. The second-order valence-electron chi connectivity index (χ2n) is 8.89. The number of nitrogens with one attached hydrogen (secondary N) is 2. The number of hydrogen-bond donors (Lipinski definition) is 4. The highest BCUT2D eigenvalue weighted by atomic mass is 32.2. The van der Waals surface area contributed by atoms with Crippen molar-refractivity contribution in [3.8, 4) is 17.0 Å². The maximum Gasteiger partial charge on any atom is 0.237 e. The minimum absolute atomic E-state index is 0.0475. The number of nitrogens with zero attached hydrogens (tertiary/aromatic N) is 2. The van der Waals surface area contributed by atoms with Crippen LogP contribution in [-0.4, -0.2) is 38.5 Å². The maximum absolute atomic E-state index is 15.4. The maximum atomic E-state index is 15.4. The average Bonchev–Trinajstić information content (AvgIpc) is 2.87. The van der Waals surface area contributed by atoms with E-state index in [1.807, 2.05) is 6.92 Å². The molecule has 1 unspecified atom stereocenters. The van der Waals surface area contributed by atoms with E-state index in [-0.39, 0.29) is 22.8 Å². The summed E-state index contributed by atoms with van der Waals surface area (Å²) in [5, 5.41) is 6.44. The summed E-state index contributed by atoms with van der Waals surface area (Å²) in [5.74, 6) is -1.42. The Morgan fingerprint density at radius 2 is 1.97 bits per heavy atom. The number of aliphatic imine (C=N–C) groups is 1. The molecule has 11 heteroatoms. The van der Waals surface area contributed by atoms with Crippen molar-refractivity contribution in [2.75, 3.05) is 35.3 Å². The predicted molar refractivity (Wildman–Crippen MR) is 139 cm³/mol. The van der Waals surface area contributed by atoms with Gasteiger partial charge in [-0.1, -0.05) is 31.2 Å². The number of ether oxygens (including phenoxy) is 1. The lowest BCUT2D eigenvalue weighted by Crippen LogP contribution is -2.45. The molecule has 0 saturated carbocycles. The number of pyridine rings is 1. The minimum atomic E-state index is -3.16. The fourth-order valence-electron chi connectivity index (χ4n) is 4.39. The van der Waals surface area contributed by atoms with E-state index in [4.69, 9.17) is 16.2 Å². The molecule has 188 valence electrons. The van der Waals surface area contributed by atoms with Crippen LogP contribution in [0.2, 0.25) is 0 Å². The SMILES string of the molecule is CCS(=O)(=O)Cc1ccc(C2(N)N=Cc3c(cc(-c4cnc5c(c4C)NCCO5)c(F)c3N)N2)cc1. The molecule has 0 amide bonds. The highest BCUT2D eigenvalue weighted by Crippen LogP contribution is 2.41. The van der Waals surface area contributed by atoms with Gasteiger partial charge < -0.3 is 21.1 Å². The van der Waals surface area contributed by atoms with Gasteiger partial charge in [0.15, 0.2) is 15.7 Å². The van der Waals surface area contributed by atoms with Crippen LogP contribution in [0.5, 0.6) is 5.88 Å². The molecule has 3 aromatic rings. The second kappa shape index (κ2) is 8.75. The van der Waals surface area contributed by atoms with Gasteiger partial charge >= 0.3 is 0 Å². The Balaban J connectivity index is 1.51. The highest BCUT2D eigenvalue weighted by molar-refractivity contribution is 7.90. The van der Waals surface area contributed by atoms with Gasteiger partial charge in [-0.3, -0.25) is 5.73 Å². The van der Waals surface area contributed by atoms with Crippen LogP contribution in [0, 0.1) is 12.7 Å². The first-order valence-corrected chi connectivity index (χ1v) is 13.3. The number of anilines is 3. The molecule has 1 atom stereocenters. The van der Waals surface area contributed by atoms with E-state index in [0.29, 0.717) is 47.0 Å².